The zero-order valence-corrected chi connectivity index (χ0v) is 17.4. The lowest BCUT2D eigenvalue weighted by Gasteiger charge is -2.19. The van der Waals surface area contributed by atoms with Crippen LogP contribution in [-0.4, -0.2) is 40.5 Å². The van der Waals surface area contributed by atoms with Gasteiger partial charge in [0.2, 0.25) is 0 Å². The zero-order valence-electron chi connectivity index (χ0n) is 17.4. The van der Waals surface area contributed by atoms with Gasteiger partial charge in [0.15, 0.2) is 23.0 Å². The Hall–Kier alpha value is -4.27. The van der Waals surface area contributed by atoms with Crippen LogP contribution in [0.3, 0.4) is 0 Å². The Labute approximate surface area is 184 Å². The SMILES string of the molecule is COc1cc(CNc2ccc3c(c2)OCCO3)ccc1Oc1nnnn1-c1ccccc1. The van der Waals surface area contributed by atoms with E-state index in [9.17, 15) is 0 Å². The van der Waals surface area contributed by atoms with Crippen molar-refractivity contribution in [3.05, 3.63) is 72.3 Å². The minimum atomic E-state index is 0.247. The molecule has 5 rings (SSSR count). The number of anilines is 1. The van der Waals surface area contributed by atoms with Gasteiger partial charge in [0.25, 0.3) is 0 Å². The number of aromatic nitrogens is 4. The molecule has 32 heavy (non-hydrogen) atoms. The molecular formula is C23H21N5O4. The molecule has 162 valence electrons. The van der Waals surface area contributed by atoms with Crippen LogP contribution in [0.2, 0.25) is 0 Å². The topological polar surface area (TPSA) is 92.6 Å². The van der Waals surface area contributed by atoms with Crippen molar-refractivity contribution < 1.29 is 18.9 Å². The molecule has 1 N–H and O–H groups in total. The van der Waals surface area contributed by atoms with Crippen LogP contribution in [-0.2, 0) is 6.54 Å². The quantitative estimate of drug-likeness (QED) is 0.472. The third-order valence-corrected chi connectivity index (χ3v) is 4.91. The lowest BCUT2D eigenvalue weighted by atomic mass is 10.2. The predicted molar refractivity (Wildman–Crippen MR) is 117 cm³/mol. The summed E-state index contributed by atoms with van der Waals surface area (Å²) >= 11 is 0. The van der Waals surface area contributed by atoms with Crippen LogP contribution < -0.4 is 24.3 Å². The fourth-order valence-electron chi connectivity index (χ4n) is 3.34. The summed E-state index contributed by atoms with van der Waals surface area (Å²) in [6.07, 6.45) is 0. The highest BCUT2D eigenvalue weighted by Gasteiger charge is 2.15. The fraction of sp³-hybridized carbons (Fsp3) is 0.174. The van der Waals surface area contributed by atoms with Crippen LogP contribution >= 0.6 is 0 Å². The summed E-state index contributed by atoms with van der Waals surface area (Å²) in [5.41, 5.74) is 2.76. The number of fused-ring (bicyclic) bond motifs is 1. The molecular weight excluding hydrogens is 410 g/mol. The van der Waals surface area contributed by atoms with Crippen molar-refractivity contribution in [2.45, 2.75) is 6.54 Å². The molecule has 1 aromatic heterocycles. The lowest BCUT2D eigenvalue weighted by molar-refractivity contribution is 0.171. The molecule has 4 aromatic rings. The lowest BCUT2D eigenvalue weighted by Crippen LogP contribution is -2.15. The van der Waals surface area contributed by atoms with Crippen molar-refractivity contribution >= 4 is 5.69 Å². The summed E-state index contributed by atoms with van der Waals surface area (Å²) in [4.78, 5) is 0. The minimum absolute atomic E-state index is 0.247. The van der Waals surface area contributed by atoms with E-state index in [0.29, 0.717) is 31.3 Å². The van der Waals surface area contributed by atoms with Crippen molar-refractivity contribution in [2.24, 2.45) is 0 Å². The molecule has 3 aromatic carbocycles. The summed E-state index contributed by atoms with van der Waals surface area (Å²) in [7, 11) is 1.60. The standard InChI is InChI=1S/C23H21N5O4/c1-29-21-13-16(15-24-17-8-10-19-22(14-17)31-12-11-30-19)7-9-20(21)32-23-25-26-27-28(23)18-5-3-2-4-6-18/h2-10,13-14,24H,11-12,15H2,1H3. The van der Waals surface area contributed by atoms with E-state index in [1.807, 2.05) is 66.7 Å². The maximum absolute atomic E-state index is 5.96. The van der Waals surface area contributed by atoms with E-state index in [0.717, 1.165) is 28.4 Å². The molecule has 1 aliphatic rings. The Kier molecular flexibility index (Phi) is 5.44. The maximum atomic E-state index is 5.96. The number of hydrogen-bond donors (Lipinski definition) is 1. The highest BCUT2D eigenvalue weighted by molar-refractivity contribution is 5.55. The van der Waals surface area contributed by atoms with Crippen molar-refractivity contribution in [2.75, 3.05) is 25.6 Å². The van der Waals surface area contributed by atoms with E-state index in [4.69, 9.17) is 18.9 Å². The number of tetrazole rings is 1. The normalized spacial score (nSPS) is 12.3. The first-order chi connectivity index (χ1) is 15.8. The van der Waals surface area contributed by atoms with Crippen LogP contribution in [0, 0.1) is 0 Å². The van der Waals surface area contributed by atoms with E-state index in [1.165, 1.54) is 4.68 Å². The largest absolute Gasteiger partial charge is 0.493 e. The van der Waals surface area contributed by atoms with Crippen LogP contribution in [0.1, 0.15) is 5.56 Å². The molecule has 9 nitrogen and oxygen atoms in total. The number of para-hydroxylation sites is 1. The number of nitrogens with zero attached hydrogens (tertiary/aromatic N) is 4. The fourth-order valence-corrected chi connectivity index (χ4v) is 3.34. The van der Waals surface area contributed by atoms with Gasteiger partial charge in [-0.05, 0) is 52.4 Å². The van der Waals surface area contributed by atoms with Crippen LogP contribution in [0.25, 0.3) is 5.69 Å². The zero-order chi connectivity index (χ0) is 21.8. The predicted octanol–water partition coefficient (Wildman–Crippen LogP) is 3.85. The molecule has 0 saturated carbocycles. The van der Waals surface area contributed by atoms with Gasteiger partial charge >= 0.3 is 6.01 Å². The second kappa shape index (κ2) is 8.84. The molecule has 2 heterocycles. The number of rotatable bonds is 7. The summed E-state index contributed by atoms with van der Waals surface area (Å²) < 4.78 is 24.2. The molecule has 0 amide bonds. The Morgan fingerprint density at radius 2 is 1.78 bits per heavy atom. The number of benzene rings is 3. The molecule has 0 fully saturated rings. The van der Waals surface area contributed by atoms with Gasteiger partial charge in [-0.15, -0.1) is 0 Å². The van der Waals surface area contributed by atoms with Gasteiger partial charge in [-0.25, -0.2) is 0 Å². The molecule has 0 aliphatic carbocycles. The maximum Gasteiger partial charge on any atom is 0.346 e. The average molecular weight is 431 g/mol. The number of hydrogen-bond acceptors (Lipinski definition) is 8. The summed E-state index contributed by atoms with van der Waals surface area (Å²) in [5.74, 6) is 2.61. The Morgan fingerprint density at radius 3 is 2.62 bits per heavy atom. The molecule has 0 bridgehead atoms. The molecule has 0 radical (unpaired) electrons. The van der Waals surface area contributed by atoms with Crippen molar-refractivity contribution in [3.8, 4) is 34.7 Å². The van der Waals surface area contributed by atoms with Crippen molar-refractivity contribution in [3.63, 3.8) is 0 Å². The molecule has 0 unspecified atom stereocenters. The Bertz CT molecular complexity index is 1210. The van der Waals surface area contributed by atoms with Gasteiger partial charge < -0.3 is 24.3 Å². The second-order valence-corrected chi connectivity index (χ2v) is 7.01. The first-order valence-electron chi connectivity index (χ1n) is 10.1. The smallest absolute Gasteiger partial charge is 0.346 e. The molecule has 0 saturated heterocycles. The Balaban J connectivity index is 1.30. The van der Waals surface area contributed by atoms with E-state index in [1.54, 1.807) is 7.11 Å². The summed E-state index contributed by atoms with van der Waals surface area (Å²) in [6, 6.07) is 21.3. The van der Waals surface area contributed by atoms with Crippen LogP contribution in [0.15, 0.2) is 66.7 Å². The summed E-state index contributed by atoms with van der Waals surface area (Å²) in [6.45, 7) is 1.73. The van der Waals surface area contributed by atoms with Crippen molar-refractivity contribution in [1.82, 2.24) is 20.2 Å². The highest BCUT2D eigenvalue weighted by atomic mass is 16.6. The second-order valence-electron chi connectivity index (χ2n) is 7.01. The van der Waals surface area contributed by atoms with Gasteiger partial charge in [-0.1, -0.05) is 29.4 Å². The van der Waals surface area contributed by atoms with E-state index >= 15 is 0 Å². The third-order valence-electron chi connectivity index (χ3n) is 4.91. The van der Waals surface area contributed by atoms with E-state index < -0.39 is 0 Å². The van der Waals surface area contributed by atoms with Gasteiger partial charge in [-0.2, -0.15) is 4.68 Å². The molecule has 0 atom stereocenters. The Morgan fingerprint density at radius 1 is 0.938 bits per heavy atom. The van der Waals surface area contributed by atoms with Gasteiger partial charge in [0, 0.05) is 18.3 Å². The van der Waals surface area contributed by atoms with Crippen LogP contribution in [0.5, 0.6) is 29.0 Å². The van der Waals surface area contributed by atoms with Gasteiger partial charge in [0.1, 0.15) is 13.2 Å². The average Bonchev–Trinajstić information content (AvgIpc) is 3.32. The van der Waals surface area contributed by atoms with Crippen LogP contribution in [0.4, 0.5) is 5.69 Å². The van der Waals surface area contributed by atoms with E-state index in [-0.39, 0.29) is 6.01 Å². The number of methoxy groups -OCH3 is 1. The molecule has 1 aliphatic heterocycles. The summed E-state index contributed by atoms with van der Waals surface area (Å²) in [5, 5.41) is 15.1. The molecule has 9 heteroatoms. The van der Waals surface area contributed by atoms with Crippen molar-refractivity contribution in [1.29, 1.82) is 0 Å². The highest BCUT2D eigenvalue weighted by Crippen LogP contribution is 2.34. The number of nitrogens with one attached hydrogen (secondary N) is 1. The van der Waals surface area contributed by atoms with E-state index in [2.05, 4.69) is 20.8 Å². The first-order valence-corrected chi connectivity index (χ1v) is 10.1. The monoisotopic (exact) mass is 431 g/mol. The molecule has 0 spiro atoms. The minimum Gasteiger partial charge on any atom is -0.493 e. The van der Waals surface area contributed by atoms with Gasteiger partial charge in [-0.3, -0.25) is 0 Å². The third kappa shape index (κ3) is 4.13. The number of ether oxygens (including phenoxy) is 4. The first kappa shape index (κ1) is 19.7. The van der Waals surface area contributed by atoms with Gasteiger partial charge in [0.05, 0.1) is 12.8 Å².